The van der Waals surface area contributed by atoms with Gasteiger partial charge in [0.05, 0.1) is 19.0 Å². The average Bonchev–Trinajstić information content (AvgIpc) is 2.71. The van der Waals surface area contributed by atoms with E-state index in [1.54, 1.807) is 42.5 Å². The Labute approximate surface area is 149 Å². The number of pyridine rings is 2. The Bertz CT molecular complexity index is 1120. The molecule has 3 heterocycles. The number of ether oxygens (including phenoxy) is 1. The molecule has 0 aliphatic heterocycles. The Morgan fingerprint density at radius 3 is 2.62 bits per heavy atom. The van der Waals surface area contributed by atoms with Crippen molar-refractivity contribution in [3.63, 3.8) is 0 Å². The molecule has 0 atom stereocenters. The van der Waals surface area contributed by atoms with Gasteiger partial charge in [-0.15, -0.1) is 0 Å². The van der Waals surface area contributed by atoms with E-state index in [0.717, 1.165) is 16.7 Å². The van der Waals surface area contributed by atoms with Crippen LogP contribution in [-0.2, 0) is 6.54 Å². The molecule has 1 aromatic carbocycles. The van der Waals surface area contributed by atoms with E-state index in [1.807, 2.05) is 36.4 Å². The Kier molecular flexibility index (Phi) is 4.15. The Hall–Kier alpha value is -3.54. The number of fused-ring (bicyclic) bond motifs is 1. The van der Waals surface area contributed by atoms with Crippen LogP contribution >= 0.6 is 0 Å². The molecule has 26 heavy (non-hydrogen) atoms. The van der Waals surface area contributed by atoms with E-state index >= 15 is 0 Å². The zero-order valence-electron chi connectivity index (χ0n) is 14.2. The fourth-order valence-corrected chi connectivity index (χ4v) is 2.81. The van der Waals surface area contributed by atoms with Gasteiger partial charge in [-0.05, 0) is 34.9 Å². The summed E-state index contributed by atoms with van der Waals surface area (Å²) in [5.41, 5.74) is 3.48. The third kappa shape index (κ3) is 3.04. The Morgan fingerprint density at radius 1 is 0.962 bits per heavy atom. The molecule has 0 N–H and O–H groups in total. The van der Waals surface area contributed by atoms with Crippen molar-refractivity contribution in [3.05, 3.63) is 83.2 Å². The van der Waals surface area contributed by atoms with Crippen molar-refractivity contribution >= 4 is 11.0 Å². The first-order valence-electron chi connectivity index (χ1n) is 8.14. The summed E-state index contributed by atoms with van der Waals surface area (Å²) in [6, 6.07) is 15.4. The van der Waals surface area contributed by atoms with E-state index in [-0.39, 0.29) is 5.56 Å². The molecule has 4 rings (SSSR count). The van der Waals surface area contributed by atoms with Crippen LogP contribution in [0.2, 0.25) is 0 Å². The summed E-state index contributed by atoms with van der Waals surface area (Å²) in [4.78, 5) is 25.0. The van der Waals surface area contributed by atoms with Gasteiger partial charge in [-0.25, -0.2) is 15.0 Å². The van der Waals surface area contributed by atoms with Crippen LogP contribution in [0.3, 0.4) is 0 Å². The maximum Gasteiger partial charge on any atom is 0.263 e. The zero-order valence-corrected chi connectivity index (χ0v) is 14.2. The largest absolute Gasteiger partial charge is 0.481 e. The molecule has 0 aliphatic carbocycles. The molecule has 0 unspecified atom stereocenters. The van der Waals surface area contributed by atoms with Crippen LogP contribution < -0.4 is 10.3 Å². The van der Waals surface area contributed by atoms with Crippen molar-refractivity contribution in [2.75, 3.05) is 7.11 Å². The highest BCUT2D eigenvalue weighted by atomic mass is 16.5. The third-order valence-electron chi connectivity index (χ3n) is 4.18. The fourth-order valence-electron chi connectivity index (χ4n) is 2.81. The van der Waals surface area contributed by atoms with Gasteiger partial charge >= 0.3 is 0 Å². The van der Waals surface area contributed by atoms with Gasteiger partial charge in [0, 0.05) is 18.5 Å². The second-order valence-electron chi connectivity index (χ2n) is 5.84. The van der Waals surface area contributed by atoms with Crippen molar-refractivity contribution in [1.82, 2.24) is 19.5 Å². The number of rotatable bonds is 4. The Balaban J connectivity index is 1.62. The monoisotopic (exact) mass is 344 g/mol. The minimum atomic E-state index is -0.0916. The van der Waals surface area contributed by atoms with Crippen LogP contribution in [0.5, 0.6) is 5.88 Å². The smallest absolute Gasteiger partial charge is 0.263 e. The van der Waals surface area contributed by atoms with Gasteiger partial charge in [0.25, 0.3) is 5.56 Å². The molecule has 0 radical (unpaired) electrons. The SMILES string of the molecule is COc1cc(-c2ccc(Cn3cnc4ncccc4c3=O)cc2)ccn1. The van der Waals surface area contributed by atoms with Gasteiger partial charge in [0.1, 0.15) is 6.33 Å². The molecule has 0 saturated carbocycles. The highest BCUT2D eigenvalue weighted by Gasteiger charge is 2.06. The molecule has 4 aromatic rings. The molecule has 6 heteroatoms. The first-order chi connectivity index (χ1) is 12.7. The van der Waals surface area contributed by atoms with Crippen molar-refractivity contribution in [2.45, 2.75) is 6.54 Å². The van der Waals surface area contributed by atoms with Crippen molar-refractivity contribution in [3.8, 4) is 17.0 Å². The minimum absolute atomic E-state index is 0.0916. The molecular formula is C20H16N4O2. The van der Waals surface area contributed by atoms with E-state index in [0.29, 0.717) is 23.5 Å². The lowest BCUT2D eigenvalue weighted by molar-refractivity contribution is 0.398. The van der Waals surface area contributed by atoms with Crippen LogP contribution in [0.15, 0.2) is 72.0 Å². The molecule has 0 aliphatic rings. The molecule has 0 amide bonds. The van der Waals surface area contributed by atoms with Gasteiger partial charge in [-0.1, -0.05) is 24.3 Å². The Morgan fingerprint density at radius 2 is 1.81 bits per heavy atom. The van der Waals surface area contributed by atoms with Gasteiger partial charge in [0.15, 0.2) is 5.65 Å². The summed E-state index contributed by atoms with van der Waals surface area (Å²) < 4.78 is 6.76. The molecule has 0 bridgehead atoms. The highest BCUT2D eigenvalue weighted by molar-refractivity contribution is 5.72. The fraction of sp³-hybridized carbons (Fsp3) is 0.100. The van der Waals surface area contributed by atoms with Crippen molar-refractivity contribution < 1.29 is 4.74 Å². The summed E-state index contributed by atoms with van der Waals surface area (Å²) in [7, 11) is 1.60. The number of hydrogen-bond donors (Lipinski definition) is 0. The normalized spacial score (nSPS) is 10.8. The van der Waals surface area contributed by atoms with Gasteiger partial charge in [0.2, 0.25) is 5.88 Å². The quantitative estimate of drug-likeness (QED) is 0.569. The van der Waals surface area contributed by atoms with Crippen molar-refractivity contribution in [1.29, 1.82) is 0 Å². The van der Waals surface area contributed by atoms with E-state index in [4.69, 9.17) is 4.74 Å². The lowest BCUT2D eigenvalue weighted by atomic mass is 10.1. The van der Waals surface area contributed by atoms with Gasteiger partial charge in [-0.3, -0.25) is 9.36 Å². The first-order valence-corrected chi connectivity index (χ1v) is 8.14. The predicted octanol–water partition coefficient (Wildman–Crippen LogP) is 2.91. The van der Waals surface area contributed by atoms with E-state index in [2.05, 4.69) is 15.0 Å². The number of hydrogen-bond acceptors (Lipinski definition) is 5. The third-order valence-corrected chi connectivity index (χ3v) is 4.18. The van der Waals surface area contributed by atoms with Crippen molar-refractivity contribution in [2.24, 2.45) is 0 Å². The molecular weight excluding hydrogens is 328 g/mol. The van der Waals surface area contributed by atoms with E-state index < -0.39 is 0 Å². The van der Waals surface area contributed by atoms with Crippen LogP contribution in [-0.4, -0.2) is 26.6 Å². The summed E-state index contributed by atoms with van der Waals surface area (Å²) in [5.74, 6) is 0.578. The number of aromatic nitrogens is 4. The lowest BCUT2D eigenvalue weighted by Crippen LogP contribution is -2.21. The summed E-state index contributed by atoms with van der Waals surface area (Å²) in [6.07, 6.45) is 4.89. The number of nitrogens with zero attached hydrogens (tertiary/aromatic N) is 4. The summed E-state index contributed by atoms with van der Waals surface area (Å²) >= 11 is 0. The van der Waals surface area contributed by atoms with E-state index in [9.17, 15) is 4.79 Å². The van der Waals surface area contributed by atoms with Crippen LogP contribution in [0.4, 0.5) is 0 Å². The highest BCUT2D eigenvalue weighted by Crippen LogP contribution is 2.22. The molecule has 0 spiro atoms. The molecule has 128 valence electrons. The molecule has 0 fully saturated rings. The second kappa shape index (κ2) is 6.76. The first kappa shape index (κ1) is 16.0. The minimum Gasteiger partial charge on any atom is -0.481 e. The van der Waals surface area contributed by atoms with Crippen LogP contribution in [0.25, 0.3) is 22.2 Å². The van der Waals surface area contributed by atoms with E-state index in [1.165, 1.54) is 0 Å². The topological polar surface area (TPSA) is 69.9 Å². The van der Waals surface area contributed by atoms with Crippen LogP contribution in [0.1, 0.15) is 5.56 Å². The van der Waals surface area contributed by atoms with Gasteiger partial charge in [-0.2, -0.15) is 0 Å². The number of methoxy groups -OCH3 is 1. The van der Waals surface area contributed by atoms with Crippen LogP contribution in [0, 0.1) is 0 Å². The average molecular weight is 344 g/mol. The maximum absolute atomic E-state index is 12.6. The summed E-state index contributed by atoms with van der Waals surface area (Å²) in [6.45, 7) is 0.455. The molecule has 6 nitrogen and oxygen atoms in total. The zero-order chi connectivity index (χ0) is 17.9. The standard InChI is InChI=1S/C20H16N4O2/c1-26-18-11-16(8-10-21-18)15-6-4-14(5-7-15)12-24-13-23-19-17(20(24)25)3-2-9-22-19/h2-11,13H,12H2,1H3. The molecule has 0 saturated heterocycles. The van der Waals surface area contributed by atoms with Gasteiger partial charge < -0.3 is 4.74 Å². The molecule has 3 aromatic heterocycles. The predicted molar refractivity (Wildman–Crippen MR) is 99.1 cm³/mol. The summed E-state index contributed by atoms with van der Waals surface area (Å²) in [5, 5.41) is 0.524. The lowest BCUT2D eigenvalue weighted by Gasteiger charge is -2.08. The maximum atomic E-state index is 12.6. The second-order valence-corrected chi connectivity index (χ2v) is 5.84. The number of benzene rings is 1.